The maximum absolute atomic E-state index is 11.8. The summed E-state index contributed by atoms with van der Waals surface area (Å²) in [6, 6.07) is 0. The van der Waals surface area contributed by atoms with E-state index in [1.54, 1.807) is 0 Å². The second kappa shape index (κ2) is 9.46. The van der Waals surface area contributed by atoms with E-state index in [1.165, 1.54) is 25.7 Å². The lowest BCUT2D eigenvalue weighted by molar-refractivity contribution is -0.157. The summed E-state index contributed by atoms with van der Waals surface area (Å²) < 4.78 is 0. The molecule has 3 aliphatic rings. The minimum atomic E-state index is -1.06. The highest BCUT2D eigenvalue weighted by Gasteiger charge is 2.59. The van der Waals surface area contributed by atoms with Gasteiger partial charge in [0.1, 0.15) is 6.10 Å². The zero-order chi connectivity index (χ0) is 22.1. The van der Waals surface area contributed by atoms with Gasteiger partial charge in [-0.15, -0.1) is 0 Å². The minimum Gasteiger partial charge on any atom is -0.393 e. The topological polar surface area (TPSA) is 60.7 Å². The van der Waals surface area contributed by atoms with Crippen molar-refractivity contribution >= 4 is 0 Å². The van der Waals surface area contributed by atoms with Crippen LogP contribution in [0.4, 0.5) is 0 Å². The fourth-order valence-electron chi connectivity index (χ4n) is 7.23. The third kappa shape index (κ3) is 4.74. The van der Waals surface area contributed by atoms with Gasteiger partial charge < -0.3 is 15.3 Å². The number of fused-ring (bicyclic) bond motifs is 1. The smallest absolute Gasteiger partial charge is 0.102 e. The van der Waals surface area contributed by atoms with E-state index >= 15 is 0 Å². The molecule has 3 nitrogen and oxygen atoms in total. The van der Waals surface area contributed by atoms with Crippen molar-refractivity contribution in [3.63, 3.8) is 0 Å². The zero-order valence-electron chi connectivity index (χ0n) is 19.9. The summed E-state index contributed by atoms with van der Waals surface area (Å²) in [4.78, 5) is 0. The Kier molecular flexibility index (Phi) is 7.58. The molecule has 0 aromatic rings. The van der Waals surface area contributed by atoms with E-state index < -0.39 is 11.7 Å². The summed E-state index contributed by atoms with van der Waals surface area (Å²) in [5, 5.41) is 33.1. The highest BCUT2D eigenvalue weighted by molar-refractivity contribution is 5.33. The first-order valence-electron chi connectivity index (χ1n) is 12.5. The fraction of sp³-hybridized carbons (Fsp3) is 0.852. The van der Waals surface area contributed by atoms with Crippen molar-refractivity contribution in [3.05, 3.63) is 23.8 Å². The Morgan fingerprint density at radius 3 is 2.57 bits per heavy atom. The molecule has 0 radical (unpaired) electrons. The number of allylic oxidation sites excluding steroid dienone is 1. The molecule has 0 aromatic carbocycles. The lowest BCUT2D eigenvalue weighted by atomic mass is 9.56. The average Bonchev–Trinajstić information content (AvgIpc) is 3.03. The van der Waals surface area contributed by atoms with Gasteiger partial charge in [-0.25, -0.2) is 0 Å². The van der Waals surface area contributed by atoms with Gasteiger partial charge in [0.05, 0.1) is 11.7 Å². The first-order chi connectivity index (χ1) is 14.1. The Morgan fingerprint density at radius 2 is 1.87 bits per heavy atom. The molecule has 0 spiro atoms. The van der Waals surface area contributed by atoms with Crippen LogP contribution >= 0.6 is 0 Å². The molecule has 3 saturated carbocycles. The fourth-order valence-corrected chi connectivity index (χ4v) is 7.23. The number of hydrogen-bond donors (Lipinski definition) is 3. The molecule has 0 bridgehead atoms. The molecule has 172 valence electrons. The van der Waals surface area contributed by atoms with Crippen LogP contribution in [0.25, 0.3) is 0 Å². The third-order valence-electron chi connectivity index (χ3n) is 8.99. The van der Waals surface area contributed by atoms with Crippen LogP contribution in [-0.2, 0) is 0 Å². The second-order valence-corrected chi connectivity index (χ2v) is 11.5. The van der Waals surface area contributed by atoms with Gasteiger partial charge in [-0.1, -0.05) is 59.1 Å². The Hall–Kier alpha value is -0.640. The second-order valence-electron chi connectivity index (χ2n) is 11.5. The van der Waals surface area contributed by atoms with Crippen LogP contribution in [0.15, 0.2) is 23.8 Å². The van der Waals surface area contributed by atoms with Crippen molar-refractivity contribution in [2.75, 3.05) is 0 Å². The molecule has 3 heteroatoms. The molecule has 3 fully saturated rings. The third-order valence-corrected chi connectivity index (χ3v) is 8.99. The standard InChI is InChI=1S/C27H46O3/c1-18(2)8-6-9-20(4)23-12-13-24-26(23,5)14-7-15-27(24,30)25(29)17-21-16-22(28)11-10-19(21)3/h17-18,20,22-25,28-30H,3,6-16H2,1-2,4-5H3/t20-,22+,23-,24?,25?,26-,27?/m1/s1. The van der Waals surface area contributed by atoms with Gasteiger partial charge in [0.15, 0.2) is 0 Å². The predicted octanol–water partition coefficient (Wildman–Crippen LogP) is 5.78. The molecule has 7 atom stereocenters. The van der Waals surface area contributed by atoms with Crippen LogP contribution < -0.4 is 0 Å². The van der Waals surface area contributed by atoms with Gasteiger partial charge in [-0.2, -0.15) is 0 Å². The van der Waals surface area contributed by atoms with E-state index in [1.807, 2.05) is 6.08 Å². The van der Waals surface area contributed by atoms with Crippen molar-refractivity contribution in [1.82, 2.24) is 0 Å². The Bertz CT molecular complexity index is 638. The minimum absolute atomic E-state index is 0.104. The summed E-state index contributed by atoms with van der Waals surface area (Å²) in [5.74, 6) is 2.21. The molecular formula is C27H46O3. The molecule has 30 heavy (non-hydrogen) atoms. The monoisotopic (exact) mass is 418 g/mol. The van der Waals surface area contributed by atoms with Gasteiger partial charge in [-0.3, -0.25) is 0 Å². The SMILES string of the molecule is C=C1CC[C@H](O)CC1=CC(O)C1(O)CCC[C@@]2(C)C1CC[C@@H]2[C@H](C)CCCC(C)C. The van der Waals surface area contributed by atoms with Gasteiger partial charge in [0, 0.05) is 0 Å². The highest BCUT2D eigenvalue weighted by atomic mass is 16.3. The van der Waals surface area contributed by atoms with Gasteiger partial charge >= 0.3 is 0 Å². The zero-order valence-corrected chi connectivity index (χ0v) is 19.9. The molecule has 0 aromatic heterocycles. The number of aliphatic hydroxyl groups is 3. The Balaban J connectivity index is 1.75. The number of rotatable bonds is 7. The van der Waals surface area contributed by atoms with Crippen LogP contribution in [-0.4, -0.2) is 33.1 Å². The molecule has 3 unspecified atom stereocenters. The van der Waals surface area contributed by atoms with E-state index in [2.05, 4.69) is 34.3 Å². The van der Waals surface area contributed by atoms with E-state index in [9.17, 15) is 15.3 Å². The summed E-state index contributed by atoms with van der Waals surface area (Å²) in [6.07, 6.45) is 11.5. The van der Waals surface area contributed by atoms with Crippen LogP contribution in [0.1, 0.15) is 98.3 Å². The molecule has 3 N–H and O–H groups in total. The first-order valence-corrected chi connectivity index (χ1v) is 12.5. The molecule has 0 saturated heterocycles. The molecule has 0 heterocycles. The van der Waals surface area contributed by atoms with Crippen molar-refractivity contribution in [3.8, 4) is 0 Å². The number of hydrogen-bond acceptors (Lipinski definition) is 3. The van der Waals surface area contributed by atoms with E-state index in [0.717, 1.165) is 49.2 Å². The summed E-state index contributed by atoms with van der Waals surface area (Å²) in [5.41, 5.74) is 0.991. The van der Waals surface area contributed by atoms with Crippen LogP contribution in [0.2, 0.25) is 0 Å². The summed E-state index contributed by atoms with van der Waals surface area (Å²) >= 11 is 0. The lowest BCUT2D eigenvalue weighted by Crippen LogP contribution is -2.56. The predicted molar refractivity (Wildman–Crippen MR) is 124 cm³/mol. The molecule has 0 aliphatic heterocycles. The van der Waals surface area contributed by atoms with Crippen LogP contribution in [0, 0.1) is 29.1 Å². The maximum atomic E-state index is 11.8. The Morgan fingerprint density at radius 1 is 1.13 bits per heavy atom. The van der Waals surface area contributed by atoms with Crippen molar-refractivity contribution in [1.29, 1.82) is 0 Å². The van der Waals surface area contributed by atoms with Gasteiger partial charge in [0.25, 0.3) is 0 Å². The molecule has 3 rings (SSSR count). The summed E-state index contributed by atoms with van der Waals surface area (Å²) in [7, 11) is 0. The van der Waals surface area contributed by atoms with E-state index in [0.29, 0.717) is 24.7 Å². The van der Waals surface area contributed by atoms with Gasteiger partial charge in [0.2, 0.25) is 0 Å². The highest BCUT2D eigenvalue weighted by Crippen LogP contribution is 2.62. The lowest BCUT2D eigenvalue weighted by Gasteiger charge is -2.52. The van der Waals surface area contributed by atoms with Crippen molar-refractivity contribution in [2.24, 2.45) is 29.1 Å². The first kappa shape index (κ1) is 24.0. The summed E-state index contributed by atoms with van der Waals surface area (Å²) in [6.45, 7) is 13.5. The largest absolute Gasteiger partial charge is 0.393 e. The Labute approximate surface area is 184 Å². The van der Waals surface area contributed by atoms with Gasteiger partial charge in [-0.05, 0) is 92.1 Å². The van der Waals surface area contributed by atoms with Crippen LogP contribution in [0.5, 0.6) is 0 Å². The van der Waals surface area contributed by atoms with E-state index in [4.69, 9.17) is 0 Å². The molecule has 0 amide bonds. The quantitative estimate of drug-likeness (QED) is 0.491. The average molecular weight is 419 g/mol. The van der Waals surface area contributed by atoms with Crippen molar-refractivity contribution < 1.29 is 15.3 Å². The number of aliphatic hydroxyl groups excluding tert-OH is 2. The van der Waals surface area contributed by atoms with E-state index in [-0.39, 0.29) is 17.4 Å². The normalized spacial score (nSPS) is 40.6. The molecule has 3 aliphatic carbocycles. The van der Waals surface area contributed by atoms with Crippen molar-refractivity contribution in [2.45, 2.75) is 116 Å². The molecular weight excluding hydrogens is 372 g/mol. The van der Waals surface area contributed by atoms with Crippen LogP contribution in [0.3, 0.4) is 0 Å². The maximum Gasteiger partial charge on any atom is 0.102 e.